The van der Waals surface area contributed by atoms with Gasteiger partial charge in [0.25, 0.3) is 0 Å². The number of halogens is 1. The predicted octanol–water partition coefficient (Wildman–Crippen LogP) is 0.684. The van der Waals surface area contributed by atoms with Crippen LogP contribution < -0.4 is 11.0 Å². The fraction of sp³-hybridized carbons (Fsp3) is 0.316. The van der Waals surface area contributed by atoms with Crippen LogP contribution in [0.25, 0.3) is 10.9 Å². The van der Waals surface area contributed by atoms with Crippen molar-refractivity contribution in [2.75, 3.05) is 5.32 Å². The van der Waals surface area contributed by atoms with Crippen LogP contribution in [0.5, 0.6) is 0 Å². The molecule has 1 aromatic carbocycles. The molecule has 0 spiro atoms. The minimum Gasteiger partial charge on any atom is -0.388 e. The lowest BCUT2D eigenvalue weighted by Gasteiger charge is -2.17. The average Bonchev–Trinajstić information content (AvgIpc) is 3.21. The Morgan fingerprint density at radius 3 is 2.83 bits per heavy atom. The zero-order chi connectivity index (χ0) is 20.7. The number of anilines is 1. The first kappa shape index (κ1) is 19.2. The van der Waals surface area contributed by atoms with E-state index in [1.54, 1.807) is 6.20 Å². The number of benzene rings is 1. The fourth-order valence-corrected chi connectivity index (χ4v) is 3.40. The molecule has 1 fully saturated rings. The van der Waals surface area contributed by atoms with E-state index in [4.69, 9.17) is 4.74 Å². The van der Waals surface area contributed by atoms with E-state index in [9.17, 15) is 24.2 Å². The van der Waals surface area contributed by atoms with Crippen molar-refractivity contribution in [1.82, 2.24) is 14.5 Å². The molecule has 0 aliphatic carbocycles. The van der Waals surface area contributed by atoms with E-state index >= 15 is 0 Å². The molecule has 2 aromatic heterocycles. The molecule has 10 heteroatoms. The molecule has 9 nitrogen and oxygen atoms in total. The quantitative estimate of drug-likeness (QED) is 0.508. The molecule has 29 heavy (non-hydrogen) atoms. The molecule has 1 aliphatic heterocycles. The van der Waals surface area contributed by atoms with Crippen molar-refractivity contribution in [2.45, 2.75) is 37.9 Å². The number of rotatable bonds is 4. The van der Waals surface area contributed by atoms with E-state index < -0.39 is 47.8 Å². The molecular formula is C19H19FN4O5. The van der Waals surface area contributed by atoms with Crippen LogP contribution in [0, 0.1) is 5.82 Å². The molecule has 1 amide bonds. The standard InChI is InChI=1S/C19H19FN4O5/c1-9-15(26)16(27)18(29-9)24-8-12(20)17(23-19(24)28)22-14(25)6-10-7-21-13-5-3-2-4-11(10)13/h2-5,7-9,15-16,18,21,26-27H,6H2,1H3,(H,22,23,25,28)/t9-,15?,16?,18-/m1/s1. The number of ether oxygens (including phenoxy) is 1. The maximum absolute atomic E-state index is 14.5. The lowest BCUT2D eigenvalue weighted by atomic mass is 10.1. The Kier molecular flexibility index (Phi) is 4.91. The maximum atomic E-state index is 14.5. The van der Waals surface area contributed by atoms with Gasteiger partial charge in [-0.3, -0.25) is 9.36 Å². The number of nitrogens with zero attached hydrogens (tertiary/aromatic N) is 2. The molecule has 0 radical (unpaired) electrons. The Morgan fingerprint density at radius 1 is 1.34 bits per heavy atom. The highest BCUT2D eigenvalue weighted by Gasteiger charge is 2.42. The number of nitrogens with one attached hydrogen (secondary N) is 2. The molecule has 1 saturated heterocycles. The summed E-state index contributed by atoms with van der Waals surface area (Å²) in [4.78, 5) is 31.2. The van der Waals surface area contributed by atoms with Gasteiger partial charge in [-0.2, -0.15) is 4.98 Å². The van der Waals surface area contributed by atoms with Crippen molar-refractivity contribution >= 4 is 22.6 Å². The van der Waals surface area contributed by atoms with E-state index in [0.29, 0.717) is 0 Å². The Bertz CT molecular complexity index is 1130. The fourth-order valence-electron chi connectivity index (χ4n) is 3.40. The van der Waals surface area contributed by atoms with E-state index in [1.807, 2.05) is 24.3 Å². The van der Waals surface area contributed by atoms with Crippen LogP contribution in [0.4, 0.5) is 10.2 Å². The Morgan fingerprint density at radius 2 is 2.10 bits per heavy atom. The van der Waals surface area contributed by atoms with Crippen molar-refractivity contribution in [1.29, 1.82) is 0 Å². The summed E-state index contributed by atoms with van der Waals surface area (Å²) in [7, 11) is 0. The number of hydrogen-bond acceptors (Lipinski definition) is 6. The van der Waals surface area contributed by atoms with Gasteiger partial charge in [-0.1, -0.05) is 18.2 Å². The molecule has 3 aromatic rings. The van der Waals surface area contributed by atoms with Crippen molar-refractivity contribution in [3.8, 4) is 0 Å². The first-order valence-electron chi connectivity index (χ1n) is 9.00. The zero-order valence-corrected chi connectivity index (χ0v) is 15.4. The summed E-state index contributed by atoms with van der Waals surface area (Å²) in [5.41, 5.74) is 0.658. The molecule has 0 bridgehead atoms. The third-order valence-corrected chi connectivity index (χ3v) is 4.94. The van der Waals surface area contributed by atoms with Crippen LogP contribution in [0.15, 0.2) is 41.5 Å². The van der Waals surface area contributed by atoms with E-state index in [1.165, 1.54) is 6.92 Å². The van der Waals surface area contributed by atoms with Crippen molar-refractivity contribution in [3.63, 3.8) is 0 Å². The zero-order valence-electron chi connectivity index (χ0n) is 15.4. The second-order valence-electron chi connectivity index (χ2n) is 6.92. The van der Waals surface area contributed by atoms with Crippen LogP contribution in [0.2, 0.25) is 0 Å². The predicted molar refractivity (Wildman–Crippen MR) is 101 cm³/mol. The first-order valence-corrected chi connectivity index (χ1v) is 9.00. The Balaban J connectivity index is 1.53. The molecule has 4 atom stereocenters. The van der Waals surface area contributed by atoms with Crippen LogP contribution in [-0.4, -0.2) is 49.0 Å². The molecular weight excluding hydrogens is 383 g/mol. The molecule has 3 heterocycles. The largest absolute Gasteiger partial charge is 0.388 e. The van der Waals surface area contributed by atoms with Crippen LogP contribution in [0.1, 0.15) is 18.7 Å². The molecule has 2 unspecified atom stereocenters. The number of carbonyl (C=O) groups excluding carboxylic acids is 1. The third-order valence-electron chi connectivity index (χ3n) is 4.94. The number of carbonyl (C=O) groups is 1. The lowest BCUT2D eigenvalue weighted by Crippen LogP contribution is -2.36. The van der Waals surface area contributed by atoms with Crippen molar-refractivity contribution < 1.29 is 24.1 Å². The second-order valence-corrected chi connectivity index (χ2v) is 6.92. The summed E-state index contributed by atoms with van der Waals surface area (Å²) in [6.45, 7) is 1.52. The second kappa shape index (κ2) is 7.39. The molecule has 1 aliphatic rings. The smallest absolute Gasteiger partial charge is 0.351 e. The van der Waals surface area contributed by atoms with Gasteiger partial charge in [-0.25, -0.2) is 9.18 Å². The summed E-state index contributed by atoms with van der Waals surface area (Å²) >= 11 is 0. The highest BCUT2D eigenvalue weighted by molar-refractivity contribution is 5.95. The topological polar surface area (TPSA) is 129 Å². The SMILES string of the molecule is C[C@H]1O[C@@H](n2cc(F)c(NC(=O)Cc3c[nH]c4ccccc34)nc2=O)C(O)C1O. The number of aromatic amines is 1. The van der Waals surface area contributed by atoms with Gasteiger partial charge in [0, 0.05) is 17.1 Å². The highest BCUT2D eigenvalue weighted by Crippen LogP contribution is 2.28. The van der Waals surface area contributed by atoms with Crippen LogP contribution in [-0.2, 0) is 16.0 Å². The number of aliphatic hydroxyl groups excluding tert-OH is 2. The number of para-hydroxylation sites is 1. The Labute approximate surface area is 163 Å². The monoisotopic (exact) mass is 402 g/mol. The van der Waals surface area contributed by atoms with Gasteiger partial charge >= 0.3 is 5.69 Å². The van der Waals surface area contributed by atoms with Crippen molar-refractivity contribution in [2.24, 2.45) is 0 Å². The van der Waals surface area contributed by atoms with E-state index in [0.717, 1.165) is 27.2 Å². The average molecular weight is 402 g/mol. The van der Waals surface area contributed by atoms with Gasteiger partial charge in [0.1, 0.15) is 12.2 Å². The van der Waals surface area contributed by atoms with E-state index in [2.05, 4.69) is 15.3 Å². The van der Waals surface area contributed by atoms with Crippen molar-refractivity contribution in [3.05, 3.63) is 58.5 Å². The van der Waals surface area contributed by atoms with Gasteiger partial charge in [-0.15, -0.1) is 0 Å². The molecule has 4 N–H and O–H groups in total. The number of aromatic nitrogens is 3. The molecule has 4 rings (SSSR count). The summed E-state index contributed by atoms with van der Waals surface area (Å²) in [5.74, 6) is -2.03. The van der Waals surface area contributed by atoms with E-state index in [-0.39, 0.29) is 6.42 Å². The Hall–Kier alpha value is -3.08. The number of hydrogen-bond donors (Lipinski definition) is 4. The summed E-state index contributed by atoms with van der Waals surface area (Å²) in [6, 6.07) is 7.43. The highest BCUT2D eigenvalue weighted by atomic mass is 19.1. The van der Waals surface area contributed by atoms with Gasteiger partial charge in [0.05, 0.1) is 18.7 Å². The van der Waals surface area contributed by atoms with Gasteiger partial charge in [0.2, 0.25) is 5.91 Å². The van der Waals surface area contributed by atoms with Gasteiger partial charge < -0.3 is 25.3 Å². The number of aliphatic hydroxyl groups is 2. The third kappa shape index (κ3) is 3.53. The van der Waals surface area contributed by atoms with Crippen LogP contribution in [0.3, 0.4) is 0 Å². The number of H-pyrrole nitrogens is 1. The summed E-state index contributed by atoms with van der Waals surface area (Å²) in [6.07, 6.45) is -2.20. The molecule has 0 saturated carbocycles. The number of amides is 1. The minimum absolute atomic E-state index is 0.0393. The lowest BCUT2D eigenvalue weighted by molar-refractivity contribution is -0.115. The summed E-state index contributed by atoms with van der Waals surface area (Å²) < 4.78 is 20.5. The molecule has 152 valence electrons. The first-order chi connectivity index (χ1) is 13.8. The number of fused-ring (bicyclic) bond motifs is 1. The van der Waals surface area contributed by atoms with Gasteiger partial charge in [0.15, 0.2) is 17.9 Å². The van der Waals surface area contributed by atoms with Gasteiger partial charge in [-0.05, 0) is 18.6 Å². The minimum atomic E-state index is -1.41. The summed E-state index contributed by atoms with van der Waals surface area (Å²) in [5, 5.41) is 22.9. The normalized spacial score (nSPS) is 24.1. The van der Waals surface area contributed by atoms with Crippen LogP contribution >= 0.6 is 0 Å². The maximum Gasteiger partial charge on any atom is 0.351 e.